The van der Waals surface area contributed by atoms with Crippen molar-refractivity contribution in [3.05, 3.63) is 6.33 Å². The van der Waals surface area contributed by atoms with E-state index < -0.39 is 0 Å². The highest BCUT2D eigenvalue weighted by Crippen LogP contribution is 2.37. The minimum absolute atomic E-state index is 0.0163. The van der Waals surface area contributed by atoms with Crippen molar-refractivity contribution in [2.75, 3.05) is 25.4 Å². The van der Waals surface area contributed by atoms with Gasteiger partial charge in [0.15, 0.2) is 5.16 Å². The van der Waals surface area contributed by atoms with Gasteiger partial charge in [-0.05, 0) is 19.3 Å². The normalized spacial score (nSPS) is 19.6. The summed E-state index contributed by atoms with van der Waals surface area (Å²) in [6, 6.07) is 0.506. The third-order valence-electron chi connectivity index (χ3n) is 3.42. The largest absolute Gasteiger partial charge is 0.354 e. The van der Waals surface area contributed by atoms with Gasteiger partial charge in [-0.25, -0.2) is 0 Å². The predicted molar refractivity (Wildman–Crippen MR) is 73.2 cm³/mol. The molecular weight excluding hydrogens is 278 g/mol. The molecule has 1 N–H and O–H groups in total. The van der Waals surface area contributed by atoms with E-state index in [0.717, 1.165) is 24.4 Å². The zero-order valence-corrected chi connectivity index (χ0v) is 11.9. The van der Waals surface area contributed by atoms with Crippen LogP contribution >= 0.6 is 11.8 Å². The van der Waals surface area contributed by atoms with Gasteiger partial charge in [0.25, 0.3) is 0 Å². The Bertz CT molecular complexity index is 514. The van der Waals surface area contributed by atoms with Crippen LogP contribution in [0.4, 0.5) is 0 Å². The highest BCUT2D eigenvalue weighted by atomic mass is 32.2. The number of hydrogen-bond donors (Lipinski definition) is 1. The van der Waals surface area contributed by atoms with Crippen LogP contribution in [0.5, 0.6) is 0 Å². The van der Waals surface area contributed by atoms with Crippen LogP contribution in [-0.4, -0.2) is 56.9 Å². The van der Waals surface area contributed by atoms with Gasteiger partial charge in [-0.15, -0.1) is 10.2 Å². The van der Waals surface area contributed by atoms with Gasteiger partial charge in [0.1, 0.15) is 6.33 Å². The summed E-state index contributed by atoms with van der Waals surface area (Å²) in [5.74, 6) is 0.206. The van der Waals surface area contributed by atoms with Crippen molar-refractivity contribution in [2.24, 2.45) is 0 Å². The van der Waals surface area contributed by atoms with Gasteiger partial charge >= 0.3 is 0 Å². The van der Waals surface area contributed by atoms with E-state index in [1.54, 1.807) is 11.2 Å². The molecular formula is C12H17N5O2S. The quantitative estimate of drug-likeness (QED) is 0.794. The smallest absolute Gasteiger partial charge is 0.239 e. The fraction of sp³-hybridized carbons (Fsp3) is 0.667. The Hall–Kier alpha value is -1.57. The lowest BCUT2D eigenvalue weighted by Crippen LogP contribution is -2.38. The Morgan fingerprint density at radius 2 is 2.35 bits per heavy atom. The summed E-state index contributed by atoms with van der Waals surface area (Å²) in [5.41, 5.74) is 0. The number of rotatable bonds is 4. The molecule has 1 aliphatic carbocycles. The third kappa shape index (κ3) is 3.12. The van der Waals surface area contributed by atoms with Crippen LogP contribution in [0.15, 0.2) is 11.5 Å². The van der Waals surface area contributed by atoms with Crippen molar-refractivity contribution < 1.29 is 9.59 Å². The lowest BCUT2D eigenvalue weighted by Gasteiger charge is -2.18. The molecule has 108 valence electrons. The summed E-state index contributed by atoms with van der Waals surface area (Å²) in [6.07, 6.45) is 4.85. The molecule has 0 bridgehead atoms. The second-order valence-electron chi connectivity index (χ2n) is 5.06. The van der Waals surface area contributed by atoms with Crippen molar-refractivity contribution in [3.63, 3.8) is 0 Å². The first kappa shape index (κ1) is 13.4. The molecule has 7 nitrogen and oxygen atoms in total. The molecule has 2 amide bonds. The maximum absolute atomic E-state index is 12.2. The molecule has 20 heavy (non-hydrogen) atoms. The van der Waals surface area contributed by atoms with E-state index in [2.05, 4.69) is 15.5 Å². The lowest BCUT2D eigenvalue weighted by atomic mass is 10.4. The summed E-state index contributed by atoms with van der Waals surface area (Å²) in [4.78, 5) is 25.2. The average molecular weight is 295 g/mol. The second-order valence-corrected chi connectivity index (χ2v) is 6.00. The number of nitrogens with zero attached hydrogens (tertiary/aromatic N) is 4. The maximum atomic E-state index is 12.2. The lowest BCUT2D eigenvalue weighted by molar-refractivity contribution is -0.133. The number of carbonyl (C=O) groups excluding carboxylic acids is 2. The third-order valence-corrected chi connectivity index (χ3v) is 4.36. The van der Waals surface area contributed by atoms with Gasteiger partial charge in [0.2, 0.25) is 11.8 Å². The maximum Gasteiger partial charge on any atom is 0.239 e. The van der Waals surface area contributed by atoms with Crippen LogP contribution in [0.3, 0.4) is 0 Å². The Balaban J connectivity index is 1.55. The summed E-state index contributed by atoms with van der Waals surface area (Å²) in [5, 5.41) is 11.5. The minimum atomic E-state index is -0.0815. The molecule has 1 saturated heterocycles. The van der Waals surface area contributed by atoms with Crippen molar-refractivity contribution in [1.82, 2.24) is 25.0 Å². The minimum Gasteiger partial charge on any atom is -0.354 e. The molecule has 2 fully saturated rings. The number of carbonyl (C=O) groups is 2. The standard InChI is InChI=1S/C12H17N5O2S/c18-10-6-16(5-1-4-13-10)11(19)7-20-12-15-14-8-17(12)9-2-3-9/h8-9H,1-7H2,(H,13,18). The predicted octanol–water partition coefficient (Wildman–Crippen LogP) is 0.0536. The molecule has 1 aromatic heterocycles. The first-order valence-corrected chi connectivity index (χ1v) is 7.79. The molecule has 2 aliphatic rings. The zero-order valence-electron chi connectivity index (χ0n) is 11.1. The van der Waals surface area contributed by atoms with E-state index in [9.17, 15) is 9.59 Å². The van der Waals surface area contributed by atoms with Crippen LogP contribution in [0.2, 0.25) is 0 Å². The molecule has 8 heteroatoms. The number of hydrogen-bond acceptors (Lipinski definition) is 5. The number of nitrogens with one attached hydrogen (secondary N) is 1. The van der Waals surface area contributed by atoms with E-state index in [1.807, 2.05) is 4.57 Å². The fourth-order valence-electron chi connectivity index (χ4n) is 2.17. The molecule has 0 radical (unpaired) electrons. The zero-order chi connectivity index (χ0) is 13.9. The van der Waals surface area contributed by atoms with E-state index in [1.165, 1.54) is 11.8 Å². The molecule has 0 spiro atoms. The molecule has 0 unspecified atom stereocenters. The SMILES string of the molecule is O=C1CN(C(=O)CSc2nncn2C2CC2)CCCN1. The topological polar surface area (TPSA) is 80.1 Å². The second kappa shape index (κ2) is 5.82. The first-order valence-electron chi connectivity index (χ1n) is 6.81. The van der Waals surface area contributed by atoms with Gasteiger partial charge in [0, 0.05) is 19.1 Å². The monoisotopic (exact) mass is 295 g/mol. The van der Waals surface area contributed by atoms with Gasteiger partial charge in [-0.3, -0.25) is 9.59 Å². The Morgan fingerprint density at radius 3 is 3.15 bits per heavy atom. The van der Waals surface area contributed by atoms with Crippen LogP contribution in [-0.2, 0) is 9.59 Å². The summed E-state index contributed by atoms with van der Waals surface area (Å²) >= 11 is 1.40. The summed E-state index contributed by atoms with van der Waals surface area (Å²) < 4.78 is 2.03. The number of aromatic nitrogens is 3. The molecule has 1 saturated carbocycles. The van der Waals surface area contributed by atoms with Gasteiger partial charge in [-0.2, -0.15) is 0 Å². The Morgan fingerprint density at radius 1 is 1.50 bits per heavy atom. The van der Waals surface area contributed by atoms with E-state index in [-0.39, 0.29) is 18.4 Å². The van der Waals surface area contributed by atoms with Crippen molar-refractivity contribution in [3.8, 4) is 0 Å². The number of thioether (sulfide) groups is 1. The van der Waals surface area contributed by atoms with Crippen molar-refractivity contribution >= 4 is 23.6 Å². The molecule has 0 atom stereocenters. The molecule has 1 aliphatic heterocycles. The Kier molecular flexibility index (Phi) is 3.90. The van der Waals surface area contributed by atoms with Gasteiger partial charge in [0.05, 0.1) is 12.3 Å². The van der Waals surface area contributed by atoms with Crippen LogP contribution in [0.1, 0.15) is 25.3 Å². The van der Waals surface area contributed by atoms with Gasteiger partial charge < -0.3 is 14.8 Å². The van der Waals surface area contributed by atoms with E-state index >= 15 is 0 Å². The first-order chi connectivity index (χ1) is 9.74. The highest BCUT2D eigenvalue weighted by molar-refractivity contribution is 7.99. The van der Waals surface area contributed by atoms with Crippen LogP contribution in [0, 0.1) is 0 Å². The molecule has 0 aromatic carbocycles. The Labute approximate surface area is 121 Å². The van der Waals surface area contributed by atoms with Crippen LogP contribution < -0.4 is 5.32 Å². The molecule has 3 rings (SSSR count). The van der Waals surface area contributed by atoms with Crippen molar-refractivity contribution in [1.29, 1.82) is 0 Å². The van der Waals surface area contributed by atoms with E-state index in [0.29, 0.717) is 24.9 Å². The fourth-order valence-corrected chi connectivity index (χ4v) is 3.06. The van der Waals surface area contributed by atoms with Crippen LogP contribution in [0.25, 0.3) is 0 Å². The van der Waals surface area contributed by atoms with Crippen molar-refractivity contribution in [2.45, 2.75) is 30.5 Å². The molecule has 1 aromatic rings. The average Bonchev–Trinajstić information content (AvgIpc) is 3.21. The molecule has 2 heterocycles. The highest BCUT2D eigenvalue weighted by Gasteiger charge is 2.27. The van der Waals surface area contributed by atoms with Gasteiger partial charge in [-0.1, -0.05) is 11.8 Å². The summed E-state index contributed by atoms with van der Waals surface area (Å²) in [7, 11) is 0. The number of amides is 2. The summed E-state index contributed by atoms with van der Waals surface area (Å²) in [6.45, 7) is 1.44. The van der Waals surface area contributed by atoms with E-state index in [4.69, 9.17) is 0 Å².